The minimum absolute atomic E-state index is 0.0189. The number of hydrogen-bond acceptors (Lipinski definition) is 4. The van der Waals surface area contributed by atoms with Crippen LogP contribution in [0.4, 0.5) is 10.5 Å². The molecule has 0 aliphatic carbocycles. The fourth-order valence-electron chi connectivity index (χ4n) is 3.63. The van der Waals surface area contributed by atoms with E-state index >= 15 is 0 Å². The normalized spacial score (nSPS) is 20.2. The fraction of sp³-hybridized carbons (Fsp3) is 0.600. The third kappa shape index (κ3) is 5.84. The SMILES string of the molecule is CCOc1ccc(N2C[C@@H](NC(=O)NCCC[NH+]3CCOCC3)CC2=O)cc1. The highest BCUT2D eigenvalue weighted by molar-refractivity contribution is 5.96. The van der Waals surface area contributed by atoms with Crippen molar-refractivity contribution in [3.63, 3.8) is 0 Å². The highest BCUT2D eigenvalue weighted by Crippen LogP contribution is 2.24. The summed E-state index contributed by atoms with van der Waals surface area (Å²) >= 11 is 0. The molecular weight excluding hydrogens is 360 g/mol. The number of urea groups is 1. The predicted octanol–water partition coefficient (Wildman–Crippen LogP) is -0.205. The van der Waals surface area contributed by atoms with Crippen molar-refractivity contribution in [2.45, 2.75) is 25.8 Å². The molecule has 2 aliphatic heterocycles. The smallest absolute Gasteiger partial charge is 0.315 e. The molecule has 3 amide bonds. The third-order valence-electron chi connectivity index (χ3n) is 5.11. The molecule has 0 bridgehead atoms. The van der Waals surface area contributed by atoms with Gasteiger partial charge >= 0.3 is 6.03 Å². The van der Waals surface area contributed by atoms with Crippen molar-refractivity contribution in [1.29, 1.82) is 0 Å². The Labute approximate surface area is 166 Å². The average Bonchev–Trinajstić information content (AvgIpc) is 3.07. The number of quaternary nitrogens is 1. The van der Waals surface area contributed by atoms with Crippen LogP contribution in [0.2, 0.25) is 0 Å². The van der Waals surface area contributed by atoms with Crippen molar-refractivity contribution in [3.8, 4) is 5.75 Å². The van der Waals surface area contributed by atoms with Crippen molar-refractivity contribution in [1.82, 2.24) is 10.6 Å². The van der Waals surface area contributed by atoms with Gasteiger partial charge in [-0.3, -0.25) is 4.79 Å². The van der Waals surface area contributed by atoms with Crippen LogP contribution in [0, 0.1) is 0 Å². The van der Waals surface area contributed by atoms with Gasteiger partial charge in [0, 0.05) is 31.6 Å². The van der Waals surface area contributed by atoms with Gasteiger partial charge in [-0.1, -0.05) is 0 Å². The second kappa shape index (κ2) is 10.3. The lowest BCUT2D eigenvalue weighted by Crippen LogP contribution is -3.14. The molecule has 2 heterocycles. The van der Waals surface area contributed by atoms with Gasteiger partial charge in [-0.2, -0.15) is 0 Å². The summed E-state index contributed by atoms with van der Waals surface area (Å²) in [4.78, 5) is 27.7. The highest BCUT2D eigenvalue weighted by atomic mass is 16.5. The molecule has 2 aliphatic rings. The van der Waals surface area contributed by atoms with Crippen molar-refractivity contribution in [2.75, 3.05) is 57.4 Å². The first-order valence-corrected chi connectivity index (χ1v) is 10.1. The average molecular weight is 391 g/mol. The highest BCUT2D eigenvalue weighted by Gasteiger charge is 2.31. The molecule has 1 aromatic rings. The van der Waals surface area contributed by atoms with E-state index in [1.807, 2.05) is 31.2 Å². The Morgan fingerprint density at radius 3 is 2.75 bits per heavy atom. The van der Waals surface area contributed by atoms with E-state index in [-0.39, 0.29) is 18.0 Å². The van der Waals surface area contributed by atoms with E-state index < -0.39 is 0 Å². The van der Waals surface area contributed by atoms with E-state index in [4.69, 9.17) is 9.47 Å². The van der Waals surface area contributed by atoms with Gasteiger partial charge in [0.1, 0.15) is 18.8 Å². The Balaban J connectivity index is 1.37. The van der Waals surface area contributed by atoms with Gasteiger partial charge in [-0.05, 0) is 31.2 Å². The Bertz CT molecular complexity index is 646. The Hall–Kier alpha value is -2.32. The van der Waals surface area contributed by atoms with Crippen molar-refractivity contribution in [2.24, 2.45) is 0 Å². The maximum Gasteiger partial charge on any atom is 0.315 e. The molecule has 154 valence electrons. The number of benzene rings is 1. The second-order valence-electron chi connectivity index (χ2n) is 7.20. The summed E-state index contributed by atoms with van der Waals surface area (Å²) in [6.07, 6.45) is 1.25. The Morgan fingerprint density at radius 1 is 1.29 bits per heavy atom. The lowest BCUT2D eigenvalue weighted by molar-refractivity contribution is -0.908. The van der Waals surface area contributed by atoms with E-state index in [2.05, 4.69) is 10.6 Å². The van der Waals surface area contributed by atoms with Crippen LogP contribution in [0.5, 0.6) is 5.75 Å². The first kappa shape index (κ1) is 20.4. The molecular formula is C20H31N4O4+. The minimum atomic E-state index is -0.205. The molecule has 3 N–H and O–H groups in total. The summed E-state index contributed by atoms with van der Waals surface area (Å²) in [5.41, 5.74) is 0.826. The molecule has 2 fully saturated rings. The first-order valence-electron chi connectivity index (χ1n) is 10.1. The van der Waals surface area contributed by atoms with Crippen LogP contribution in [0.15, 0.2) is 24.3 Å². The molecule has 8 nitrogen and oxygen atoms in total. The molecule has 0 aromatic heterocycles. The quantitative estimate of drug-likeness (QED) is 0.536. The van der Waals surface area contributed by atoms with E-state index in [0.717, 1.165) is 50.7 Å². The number of rotatable bonds is 8. The molecule has 1 atom stereocenters. The van der Waals surface area contributed by atoms with Gasteiger partial charge in [-0.15, -0.1) is 0 Å². The van der Waals surface area contributed by atoms with Gasteiger partial charge in [0.25, 0.3) is 0 Å². The van der Waals surface area contributed by atoms with Crippen molar-refractivity contribution < 1.29 is 24.0 Å². The molecule has 0 unspecified atom stereocenters. The van der Waals surface area contributed by atoms with E-state index in [1.165, 1.54) is 4.90 Å². The zero-order valence-electron chi connectivity index (χ0n) is 16.5. The van der Waals surface area contributed by atoms with Crippen LogP contribution in [0.25, 0.3) is 0 Å². The molecule has 28 heavy (non-hydrogen) atoms. The van der Waals surface area contributed by atoms with E-state index in [0.29, 0.717) is 26.1 Å². The fourth-order valence-corrected chi connectivity index (χ4v) is 3.63. The lowest BCUT2D eigenvalue weighted by atomic mass is 10.2. The van der Waals surface area contributed by atoms with E-state index in [1.54, 1.807) is 4.90 Å². The number of carbonyl (C=O) groups excluding carboxylic acids is 2. The van der Waals surface area contributed by atoms with Crippen LogP contribution in [0.3, 0.4) is 0 Å². The number of ether oxygens (including phenoxy) is 2. The van der Waals surface area contributed by atoms with Gasteiger partial charge < -0.3 is 29.9 Å². The first-order chi connectivity index (χ1) is 13.7. The Kier molecular flexibility index (Phi) is 7.50. The minimum Gasteiger partial charge on any atom is -0.494 e. The summed E-state index contributed by atoms with van der Waals surface area (Å²) in [6.45, 7) is 8.43. The summed E-state index contributed by atoms with van der Waals surface area (Å²) in [5, 5.41) is 5.81. The van der Waals surface area contributed by atoms with Crippen LogP contribution in [-0.2, 0) is 9.53 Å². The summed E-state index contributed by atoms with van der Waals surface area (Å²) in [7, 11) is 0. The molecule has 0 radical (unpaired) electrons. The van der Waals surface area contributed by atoms with Gasteiger partial charge in [0.05, 0.1) is 32.4 Å². The summed E-state index contributed by atoms with van der Waals surface area (Å²) < 4.78 is 10.8. The van der Waals surface area contributed by atoms with Crippen LogP contribution >= 0.6 is 0 Å². The summed E-state index contributed by atoms with van der Waals surface area (Å²) in [5.74, 6) is 0.802. The van der Waals surface area contributed by atoms with Gasteiger partial charge in [0.15, 0.2) is 0 Å². The van der Waals surface area contributed by atoms with Gasteiger partial charge in [-0.25, -0.2) is 4.79 Å². The molecule has 8 heteroatoms. The number of amides is 3. The van der Waals surface area contributed by atoms with Gasteiger partial charge in [0.2, 0.25) is 5.91 Å². The molecule has 2 saturated heterocycles. The molecule has 0 spiro atoms. The third-order valence-corrected chi connectivity index (χ3v) is 5.11. The van der Waals surface area contributed by atoms with Crippen LogP contribution in [-0.4, -0.2) is 70.5 Å². The zero-order chi connectivity index (χ0) is 19.8. The predicted molar refractivity (Wildman–Crippen MR) is 106 cm³/mol. The Morgan fingerprint density at radius 2 is 2.04 bits per heavy atom. The largest absolute Gasteiger partial charge is 0.494 e. The zero-order valence-corrected chi connectivity index (χ0v) is 16.5. The van der Waals surface area contributed by atoms with Crippen LogP contribution < -0.4 is 25.2 Å². The second-order valence-corrected chi connectivity index (χ2v) is 7.20. The molecule has 3 rings (SSSR count). The standard InChI is InChI=1S/C20H30N4O4/c1-2-28-18-6-4-17(5-7-18)24-15-16(14-19(24)25)22-20(26)21-8-3-9-23-10-12-27-13-11-23/h4-7,16H,2-3,8-15H2,1H3,(H2,21,22,26)/p+1/t16-/m0/s1. The number of anilines is 1. The topological polar surface area (TPSA) is 84.3 Å². The van der Waals surface area contributed by atoms with Crippen molar-refractivity contribution in [3.05, 3.63) is 24.3 Å². The maximum absolute atomic E-state index is 12.3. The number of nitrogens with zero attached hydrogens (tertiary/aromatic N) is 1. The number of nitrogens with one attached hydrogen (secondary N) is 3. The number of carbonyl (C=O) groups is 2. The van der Waals surface area contributed by atoms with E-state index in [9.17, 15) is 9.59 Å². The van der Waals surface area contributed by atoms with Crippen LogP contribution in [0.1, 0.15) is 19.8 Å². The summed E-state index contributed by atoms with van der Waals surface area (Å²) in [6, 6.07) is 7.08. The number of hydrogen-bond donors (Lipinski definition) is 3. The molecule has 1 aromatic carbocycles. The maximum atomic E-state index is 12.3. The molecule has 0 saturated carbocycles. The monoisotopic (exact) mass is 391 g/mol. The lowest BCUT2D eigenvalue weighted by Gasteiger charge is -2.23. The number of morpholine rings is 1. The van der Waals surface area contributed by atoms with Crippen molar-refractivity contribution >= 4 is 17.6 Å².